The molecule has 0 aliphatic heterocycles. The van der Waals surface area contributed by atoms with Crippen molar-refractivity contribution in [2.24, 2.45) is 3.50 Å². The zero-order valence-corrected chi connectivity index (χ0v) is 8.48. The molecule has 0 unspecified atom stereocenters. The first-order valence-electron chi connectivity index (χ1n) is 3.47. The SMILES string of the molecule is CCCCC(C)(C)[N]=[Mo]. The van der Waals surface area contributed by atoms with Gasteiger partial charge < -0.3 is 0 Å². The Morgan fingerprint density at radius 2 is 2.00 bits per heavy atom. The van der Waals surface area contributed by atoms with E-state index in [1.54, 1.807) is 0 Å². The van der Waals surface area contributed by atoms with Crippen molar-refractivity contribution in [1.82, 2.24) is 0 Å². The van der Waals surface area contributed by atoms with Crippen LogP contribution in [0.5, 0.6) is 0 Å². The molecule has 2 heteroatoms. The average Bonchev–Trinajstić information content (AvgIpc) is 1.84. The zero-order valence-electron chi connectivity index (χ0n) is 6.48. The predicted molar refractivity (Wildman–Crippen MR) is 36.0 cm³/mol. The third kappa shape index (κ3) is 4.96. The number of rotatable bonds is 4. The third-order valence-corrected chi connectivity index (χ3v) is 2.60. The molecule has 0 heterocycles. The molecular formula is C7H15MoN. The molecule has 0 bridgehead atoms. The van der Waals surface area contributed by atoms with Gasteiger partial charge in [-0.2, -0.15) is 0 Å². The molecule has 0 rings (SSSR count). The van der Waals surface area contributed by atoms with Crippen LogP contribution in [0.3, 0.4) is 0 Å². The molecule has 54 valence electrons. The molecule has 0 amide bonds. The number of nitrogens with zero attached hydrogens (tertiary/aromatic N) is 1. The minimum absolute atomic E-state index is 0.223. The third-order valence-electron chi connectivity index (χ3n) is 1.39. The molecule has 0 spiro atoms. The van der Waals surface area contributed by atoms with Gasteiger partial charge in [-0.25, -0.2) is 0 Å². The van der Waals surface area contributed by atoms with E-state index in [9.17, 15) is 0 Å². The second-order valence-corrected chi connectivity index (χ2v) is 3.46. The van der Waals surface area contributed by atoms with E-state index in [2.05, 4.69) is 24.3 Å². The van der Waals surface area contributed by atoms with Gasteiger partial charge in [0.2, 0.25) is 0 Å². The summed E-state index contributed by atoms with van der Waals surface area (Å²) in [6.45, 7) is 6.59. The maximum atomic E-state index is 4.27. The van der Waals surface area contributed by atoms with Gasteiger partial charge in [-0.3, -0.25) is 0 Å². The fourth-order valence-electron chi connectivity index (χ4n) is 0.655. The van der Waals surface area contributed by atoms with Gasteiger partial charge in [0.05, 0.1) is 0 Å². The molecule has 0 aliphatic rings. The van der Waals surface area contributed by atoms with Crippen LogP contribution in [0.1, 0.15) is 40.0 Å². The molecular weight excluding hydrogens is 194 g/mol. The van der Waals surface area contributed by atoms with E-state index >= 15 is 0 Å². The van der Waals surface area contributed by atoms with Crippen molar-refractivity contribution in [1.29, 1.82) is 0 Å². The van der Waals surface area contributed by atoms with Crippen LogP contribution in [-0.4, -0.2) is 5.54 Å². The predicted octanol–water partition coefficient (Wildman–Crippen LogP) is 2.69. The van der Waals surface area contributed by atoms with E-state index in [-0.39, 0.29) is 5.54 Å². The molecule has 9 heavy (non-hydrogen) atoms. The summed E-state index contributed by atoms with van der Waals surface area (Å²) in [5, 5.41) is 0. The Labute approximate surface area is 69.0 Å². The van der Waals surface area contributed by atoms with Gasteiger partial charge in [0.15, 0.2) is 0 Å². The van der Waals surface area contributed by atoms with E-state index < -0.39 is 0 Å². The molecule has 0 aromatic heterocycles. The Morgan fingerprint density at radius 1 is 1.44 bits per heavy atom. The normalized spacial score (nSPS) is 11.4. The second kappa shape index (κ2) is 4.33. The first-order valence-corrected chi connectivity index (χ1v) is 4.36. The zero-order chi connectivity index (χ0) is 7.33. The van der Waals surface area contributed by atoms with Gasteiger partial charge in [0.1, 0.15) is 0 Å². The van der Waals surface area contributed by atoms with E-state index in [0.717, 1.165) is 0 Å². The molecule has 0 aromatic rings. The van der Waals surface area contributed by atoms with Gasteiger partial charge in [0, 0.05) is 0 Å². The molecule has 0 atom stereocenters. The van der Waals surface area contributed by atoms with Crippen LogP contribution < -0.4 is 0 Å². The topological polar surface area (TPSA) is 12.4 Å². The Balaban J connectivity index is 3.45. The average molecular weight is 209 g/mol. The first kappa shape index (κ1) is 9.49. The molecule has 0 saturated heterocycles. The maximum absolute atomic E-state index is 4.27. The molecule has 1 nitrogen and oxygen atoms in total. The Kier molecular flexibility index (Phi) is 4.56. The van der Waals surface area contributed by atoms with Crippen molar-refractivity contribution in [3.63, 3.8) is 0 Å². The Bertz CT molecular complexity index is 88.9. The summed E-state index contributed by atoms with van der Waals surface area (Å²) in [4.78, 5) is 0. The molecule has 0 aromatic carbocycles. The van der Waals surface area contributed by atoms with Gasteiger partial charge in [-0.1, -0.05) is 0 Å². The number of hydrogen-bond donors (Lipinski definition) is 0. The van der Waals surface area contributed by atoms with E-state index in [0.29, 0.717) is 0 Å². The van der Waals surface area contributed by atoms with Crippen molar-refractivity contribution >= 4 is 0 Å². The molecule has 0 saturated carbocycles. The van der Waals surface area contributed by atoms with Crippen LogP contribution in [0.2, 0.25) is 0 Å². The van der Waals surface area contributed by atoms with Crippen LogP contribution in [0, 0.1) is 0 Å². The Hall–Kier alpha value is 0.488. The van der Waals surface area contributed by atoms with Gasteiger partial charge in [0.25, 0.3) is 0 Å². The first-order chi connectivity index (χ1) is 4.12. The molecule has 0 fully saturated rings. The quantitative estimate of drug-likeness (QED) is 0.631. The van der Waals surface area contributed by atoms with Crippen molar-refractivity contribution in [2.45, 2.75) is 45.6 Å². The van der Waals surface area contributed by atoms with Crippen LogP contribution in [-0.2, 0) is 19.6 Å². The fraction of sp³-hybridized carbons (Fsp3) is 1.00. The van der Waals surface area contributed by atoms with Gasteiger partial charge in [-0.15, -0.1) is 0 Å². The minimum atomic E-state index is 0.223. The van der Waals surface area contributed by atoms with Crippen LogP contribution >= 0.6 is 0 Å². The van der Waals surface area contributed by atoms with E-state index in [1.807, 2.05) is 19.6 Å². The standard InChI is InChI=1S/C7H15N.Mo/c1-4-5-6-7(2,3)8;/h4-6H2,1-3H3;. The summed E-state index contributed by atoms with van der Waals surface area (Å²) < 4.78 is 4.27. The summed E-state index contributed by atoms with van der Waals surface area (Å²) in [6, 6.07) is 0. The molecule has 0 radical (unpaired) electrons. The van der Waals surface area contributed by atoms with Gasteiger partial charge in [-0.05, 0) is 0 Å². The van der Waals surface area contributed by atoms with Crippen LogP contribution in [0.25, 0.3) is 0 Å². The van der Waals surface area contributed by atoms with Crippen molar-refractivity contribution in [3.8, 4) is 0 Å². The van der Waals surface area contributed by atoms with E-state index in [1.165, 1.54) is 19.3 Å². The monoisotopic (exact) mass is 211 g/mol. The van der Waals surface area contributed by atoms with Crippen molar-refractivity contribution in [3.05, 3.63) is 0 Å². The van der Waals surface area contributed by atoms with Crippen molar-refractivity contribution < 1.29 is 19.6 Å². The fourth-order valence-corrected chi connectivity index (χ4v) is 0.879. The molecule has 0 N–H and O–H groups in total. The summed E-state index contributed by atoms with van der Waals surface area (Å²) >= 11 is 1.83. The second-order valence-electron chi connectivity index (χ2n) is 3.01. The van der Waals surface area contributed by atoms with Crippen LogP contribution in [0.4, 0.5) is 0 Å². The summed E-state index contributed by atoms with van der Waals surface area (Å²) in [6.07, 6.45) is 3.80. The van der Waals surface area contributed by atoms with E-state index in [4.69, 9.17) is 0 Å². The summed E-state index contributed by atoms with van der Waals surface area (Å²) in [5.74, 6) is 0. The number of unbranched alkanes of at least 4 members (excludes halogenated alkanes) is 1. The number of hydrogen-bond acceptors (Lipinski definition) is 1. The Morgan fingerprint density at radius 3 is 2.33 bits per heavy atom. The van der Waals surface area contributed by atoms with Crippen molar-refractivity contribution in [2.75, 3.05) is 0 Å². The van der Waals surface area contributed by atoms with Crippen LogP contribution in [0.15, 0.2) is 3.50 Å². The van der Waals surface area contributed by atoms with Gasteiger partial charge >= 0.3 is 68.7 Å². The summed E-state index contributed by atoms with van der Waals surface area (Å²) in [7, 11) is 0. The summed E-state index contributed by atoms with van der Waals surface area (Å²) in [5.41, 5.74) is 0.223. The molecule has 0 aliphatic carbocycles.